The summed E-state index contributed by atoms with van der Waals surface area (Å²) < 4.78 is 21.4. The lowest BCUT2D eigenvalue weighted by molar-refractivity contribution is -0.177. The SMILES string of the molecule is CCO[C@H]1O[C@H]([C@@H](CNC(=O)N(C)N=O)OC)[C@H](OC)[C@H]1O. The van der Waals surface area contributed by atoms with E-state index in [1.807, 2.05) is 0 Å². The molecule has 0 bridgehead atoms. The molecule has 0 aromatic carbocycles. The van der Waals surface area contributed by atoms with E-state index >= 15 is 0 Å². The van der Waals surface area contributed by atoms with Crippen molar-refractivity contribution in [1.29, 1.82) is 0 Å². The van der Waals surface area contributed by atoms with E-state index < -0.39 is 36.7 Å². The van der Waals surface area contributed by atoms with Crippen molar-refractivity contribution in [3.63, 3.8) is 0 Å². The topological polar surface area (TPSA) is 119 Å². The molecule has 0 saturated carbocycles. The molecular formula is C12H23N3O7. The molecule has 5 atom stereocenters. The van der Waals surface area contributed by atoms with Crippen LogP contribution in [0.4, 0.5) is 4.79 Å². The zero-order chi connectivity index (χ0) is 16.7. The molecule has 2 amide bonds. The number of aliphatic hydroxyl groups excluding tert-OH is 1. The van der Waals surface area contributed by atoms with E-state index in [-0.39, 0.29) is 6.54 Å². The standard InChI is InChI=1S/C12H23N3O7/c1-5-21-11-8(16)10(20-4)9(22-11)7(19-3)6-13-12(17)15(2)14-18/h7-11,16H,5-6H2,1-4H3,(H,13,17)/t7-,8-,9-,10-,11+/m1/s1. The second kappa shape index (κ2) is 8.96. The highest BCUT2D eigenvalue weighted by molar-refractivity contribution is 5.73. The Morgan fingerprint density at radius 3 is 2.68 bits per heavy atom. The van der Waals surface area contributed by atoms with Gasteiger partial charge in [-0.1, -0.05) is 0 Å². The summed E-state index contributed by atoms with van der Waals surface area (Å²) in [6.07, 6.45) is -3.71. The number of nitrogens with one attached hydrogen (secondary N) is 1. The molecular weight excluding hydrogens is 298 g/mol. The van der Waals surface area contributed by atoms with Crippen molar-refractivity contribution in [1.82, 2.24) is 10.3 Å². The minimum Gasteiger partial charge on any atom is -0.385 e. The lowest BCUT2D eigenvalue weighted by Gasteiger charge is -2.26. The minimum absolute atomic E-state index is 0.0469. The molecule has 1 aliphatic heterocycles. The van der Waals surface area contributed by atoms with Crippen LogP contribution in [0.5, 0.6) is 0 Å². The summed E-state index contributed by atoms with van der Waals surface area (Å²) in [4.78, 5) is 21.8. The zero-order valence-electron chi connectivity index (χ0n) is 13.1. The number of hydrogen-bond donors (Lipinski definition) is 2. The molecule has 0 aromatic heterocycles. The van der Waals surface area contributed by atoms with Crippen LogP contribution in [0.3, 0.4) is 0 Å². The van der Waals surface area contributed by atoms with Gasteiger partial charge in [0.1, 0.15) is 24.4 Å². The summed E-state index contributed by atoms with van der Waals surface area (Å²) >= 11 is 0. The van der Waals surface area contributed by atoms with Gasteiger partial charge in [-0.25, -0.2) is 4.79 Å². The number of hydrogen-bond acceptors (Lipinski definition) is 8. The van der Waals surface area contributed by atoms with Crippen LogP contribution in [0, 0.1) is 4.91 Å². The Kier molecular flexibility index (Phi) is 7.62. The van der Waals surface area contributed by atoms with E-state index in [1.165, 1.54) is 21.3 Å². The van der Waals surface area contributed by atoms with Gasteiger partial charge < -0.3 is 29.4 Å². The summed E-state index contributed by atoms with van der Waals surface area (Å²) in [6, 6.07) is -0.675. The smallest absolute Gasteiger partial charge is 0.340 e. The molecule has 1 heterocycles. The number of amides is 2. The lowest BCUT2D eigenvalue weighted by Crippen LogP contribution is -2.48. The van der Waals surface area contributed by atoms with E-state index in [0.717, 1.165) is 0 Å². The fourth-order valence-electron chi connectivity index (χ4n) is 2.21. The maximum Gasteiger partial charge on any atom is 0.340 e. The number of ether oxygens (including phenoxy) is 4. The highest BCUT2D eigenvalue weighted by Crippen LogP contribution is 2.27. The molecule has 1 aliphatic rings. The van der Waals surface area contributed by atoms with Gasteiger partial charge in [-0.15, -0.1) is 4.91 Å². The van der Waals surface area contributed by atoms with Crippen molar-refractivity contribution >= 4 is 6.03 Å². The van der Waals surface area contributed by atoms with Crippen LogP contribution in [-0.4, -0.2) is 81.3 Å². The average molecular weight is 321 g/mol. The largest absolute Gasteiger partial charge is 0.385 e. The summed E-state index contributed by atoms with van der Waals surface area (Å²) in [5, 5.41) is 15.7. The first-order valence-corrected chi connectivity index (χ1v) is 6.85. The number of aliphatic hydroxyl groups is 1. The van der Waals surface area contributed by atoms with Crippen molar-refractivity contribution in [3.05, 3.63) is 4.91 Å². The average Bonchev–Trinajstić information content (AvgIpc) is 2.83. The van der Waals surface area contributed by atoms with Crippen LogP contribution in [0.15, 0.2) is 5.29 Å². The Labute approximate surface area is 128 Å². The minimum atomic E-state index is -0.970. The molecule has 0 aromatic rings. The molecule has 0 aliphatic carbocycles. The molecule has 0 radical (unpaired) electrons. The van der Waals surface area contributed by atoms with Gasteiger partial charge in [-0.3, -0.25) is 0 Å². The lowest BCUT2D eigenvalue weighted by atomic mass is 10.1. The van der Waals surface area contributed by atoms with E-state index in [0.29, 0.717) is 11.6 Å². The molecule has 2 N–H and O–H groups in total. The van der Waals surface area contributed by atoms with Gasteiger partial charge >= 0.3 is 6.03 Å². The van der Waals surface area contributed by atoms with E-state index in [9.17, 15) is 14.8 Å². The fourth-order valence-corrected chi connectivity index (χ4v) is 2.21. The highest BCUT2D eigenvalue weighted by atomic mass is 16.7. The first-order chi connectivity index (χ1) is 10.5. The van der Waals surface area contributed by atoms with Crippen LogP contribution in [-0.2, 0) is 18.9 Å². The van der Waals surface area contributed by atoms with Gasteiger partial charge in [0.15, 0.2) is 6.29 Å². The Balaban J connectivity index is 2.68. The molecule has 128 valence electrons. The fraction of sp³-hybridized carbons (Fsp3) is 0.917. The highest BCUT2D eigenvalue weighted by Gasteiger charge is 2.48. The number of nitrogens with zero attached hydrogens (tertiary/aromatic N) is 2. The van der Waals surface area contributed by atoms with Crippen LogP contribution in [0.25, 0.3) is 0 Å². The Morgan fingerprint density at radius 1 is 1.50 bits per heavy atom. The summed E-state index contributed by atoms with van der Waals surface area (Å²) in [5.74, 6) is 0. The van der Waals surface area contributed by atoms with E-state index in [1.54, 1.807) is 6.92 Å². The summed E-state index contributed by atoms with van der Waals surface area (Å²) in [5.41, 5.74) is 0. The second-order valence-corrected chi connectivity index (χ2v) is 4.68. The predicted molar refractivity (Wildman–Crippen MR) is 74.8 cm³/mol. The maximum atomic E-state index is 11.5. The van der Waals surface area contributed by atoms with Gasteiger partial charge in [0.05, 0.1) is 5.29 Å². The molecule has 1 saturated heterocycles. The molecule has 22 heavy (non-hydrogen) atoms. The molecule has 0 unspecified atom stereocenters. The maximum absolute atomic E-state index is 11.5. The second-order valence-electron chi connectivity index (χ2n) is 4.68. The third-order valence-corrected chi connectivity index (χ3v) is 3.37. The Bertz CT molecular complexity index is 371. The zero-order valence-corrected chi connectivity index (χ0v) is 13.1. The first kappa shape index (κ1) is 18.7. The van der Waals surface area contributed by atoms with Gasteiger partial charge in [0, 0.05) is 34.4 Å². The summed E-state index contributed by atoms with van der Waals surface area (Å²) in [7, 11) is 4.10. The van der Waals surface area contributed by atoms with Crippen molar-refractivity contribution in [2.24, 2.45) is 5.29 Å². The van der Waals surface area contributed by atoms with Gasteiger partial charge in [0.2, 0.25) is 0 Å². The molecule has 10 nitrogen and oxygen atoms in total. The summed E-state index contributed by atoms with van der Waals surface area (Å²) in [6.45, 7) is 2.20. The van der Waals surface area contributed by atoms with Crippen molar-refractivity contribution in [2.75, 3.05) is 34.4 Å². The van der Waals surface area contributed by atoms with Crippen molar-refractivity contribution < 1.29 is 28.8 Å². The van der Waals surface area contributed by atoms with E-state index in [4.69, 9.17) is 18.9 Å². The third-order valence-electron chi connectivity index (χ3n) is 3.37. The number of carbonyl (C=O) groups excluding carboxylic acids is 1. The Morgan fingerprint density at radius 2 is 2.18 bits per heavy atom. The normalized spacial score (nSPS) is 29.1. The molecule has 1 rings (SSSR count). The van der Waals surface area contributed by atoms with Crippen LogP contribution < -0.4 is 5.32 Å². The number of rotatable bonds is 8. The molecule has 10 heteroatoms. The number of nitroso groups, excluding NO2 is 1. The molecule has 0 spiro atoms. The van der Waals surface area contributed by atoms with Crippen molar-refractivity contribution in [2.45, 2.75) is 37.6 Å². The Hall–Kier alpha value is -1.33. The van der Waals surface area contributed by atoms with Crippen LogP contribution in [0.2, 0.25) is 0 Å². The van der Waals surface area contributed by atoms with E-state index in [2.05, 4.69) is 10.6 Å². The van der Waals surface area contributed by atoms with Crippen LogP contribution >= 0.6 is 0 Å². The van der Waals surface area contributed by atoms with Crippen molar-refractivity contribution in [3.8, 4) is 0 Å². The van der Waals surface area contributed by atoms with Crippen LogP contribution in [0.1, 0.15) is 6.92 Å². The quantitative estimate of drug-likeness (QED) is 0.455. The monoisotopic (exact) mass is 321 g/mol. The number of carbonyl (C=O) groups is 1. The predicted octanol–water partition coefficient (Wildman–Crippen LogP) is -0.538. The number of methoxy groups -OCH3 is 2. The molecule has 1 fully saturated rings. The first-order valence-electron chi connectivity index (χ1n) is 6.85. The third kappa shape index (κ3) is 4.34. The van der Waals surface area contributed by atoms with Gasteiger partial charge in [0.25, 0.3) is 0 Å². The number of urea groups is 1. The van der Waals surface area contributed by atoms with Gasteiger partial charge in [-0.2, -0.15) is 5.01 Å². The van der Waals surface area contributed by atoms with Gasteiger partial charge in [-0.05, 0) is 6.92 Å².